The van der Waals surface area contributed by atoms with Crippen LogP contribution in [0, 0.1) is 0 Å². The van der Waals surface area contributed by atoms with Crippen LogP contribution in [0.3, 0.4) is 0 Å². The number of carbonyl (C=O) groups is 1. The Morgan fingerprint density at radius 2 is 1.86 bits per heavy atom. The number of nitrogens with one attached hydrogen (secondary N) is 2. The summed E-state index contributed by atoms with van der Waals surface area (Å²) in [5, 5.41) is 6.12. The van der Waals surface area contributed by atoms with Crippen molar-refractivity contribution in [2.75, 3.05) is 27.9 Å². The van der Waals surface area contributed by atoms with E-state index in [9.17, 15) is 4.79 Å². The van der Waals surface area contributed by atoms with Crippen LogP contribution in [0.1, 0.15) is 18.4 Å². The average Bonchev–Trinajstić information content (AvgIpc) is 2.52. The minimum Gasteiger partial charge on any atom is -0.493 e. The molecule has 1 aliphatic heterocycles. The van der Waals surface area contributed by atoms with Crippen LogP contribution < -0.4 is 24.8 Å². The largest absolute Gasteiger partial charge is 0.493 e. The molecular formula is C15H22N2O4. The standard InChI is InChI=1S/C15H22N2O4/c1-19-12-7-10(8-13(20-2)14(12)21-3)9-17-11-5-4-6-16-15(11)18/h7-8,11,17H,4-6,9H2,1-3H3,(H,16,18). The Labute approximate surface area is 124 Å². The summed E-state index contributed by atoms with van der Waals surface area (Å²) >= 11 is 0. The molecule has 0 saturated carbocycles. The van der Waals surface area contributed by atoms with E-state index >= 15 is 0 Å². The first kappa shape index (κ1) is 15.4. The summed E-state index contributed by atoms with van der Waals surface area (Å²) in [5.41, 5.74) is 0.975. The molecule has 1 atom stereocenters. The fraction of sp³-hybridized carbons (Fsp3) is 0.533. The molecule has 1 aliphatic rings. The zero-order valence-corrected chi connectivity index (χ0v) is 12.7. The van der Waals surface area contributed by atoms with Crippen LogP contribution in [0.4, 0.5) is 0 Å². The molecule has 0 radical (unpaired) electrons. The number of ether oxygens (including phenoxy) is 3. The van der Waals surface area contributed by atoms with Crippen LogP contribution in [0.15, 0.2) is 12.1 Å². The van der Waals surface area contributed by atoms with Gasteiger partial charge in [-0.25, -0.2) is 0 Å². The molecule has 21 heavy (non-hydrogen) atoms. The molecule has 0 aliphatic carbocycles. The molecule has 1 aromatic carbocycles. The highest BCUT2D eigenvalue weighted by molar-refractivity contribution is 5.82. The molecule has 0 spiro atoms. The third-order valence-electron chi connectivity index (χ3n) is 3.56. The van der Waals surface area contributed by atoms with Crippen molar-refractivity contribution in [3.8, 4) is 17.2 Å². The van der Waals surface area contributed by atoms with E-state index in [1.807, 2.05) is 12.1 Å². The number of piperidine rings is 1. The summed E-state index contributed by atoms with van der Waals surface area (Å²) in [7, 11) is 4.75. The van der Waals surface area contributed by atoms with Gasteiger partial charge in [0.15, 0.2) is 11.5 Å². The highest BCUT2D eigenvalue weighted by Gasteiger charge is 2.21. The summed E-state index contributed by atoms with van der Waals surface area (Å²) in [6.45, 7) is 1.33. The van der Waals surface area contributed by atoms with Crippen LogP contribution in [-0.4, -0.2) is 39.8 Å². The van der Waals surface area contributed by atoms with Crippen LogP contribution in [0.25, 0.3) is 0 Å². The summed E-state index contributed by atoms with van der Waals surface area (Å²) in [6, 6.07) is 3.63. The average molecular weight is 294 g/mol. The molecule has 1 amide bonds. The van der Waals surface area contributed by atoms with Gasteiger partial charge in [-0.15, -0.1) is 0 Å². The summed E-state index contributed by atoms with van der Waals surface area (Å²) in [6.07, 6.45) is 1.86. The predicted molar refractivity (Wildman–Crippen MR) is 79.0 cm³/mol. The van der Waals surface area contributed by atoms with Crippen LogP contribution in [-0.2, 0) is 11.3 Å². The molecule has 1 saturated heterocycles. The SMILES string of the molecule is COc1cc(CNC2CCCNC2=O)cc(OC)c1OC. The van der Waals surface area contributed by atoms with E-state index in [1.165, 1.54) is 0 Å². The second-order valence-corrected chi connectivity index (χ2v) is 4.90. The van der Waals surface area contributed by atoms with E-state index in [2.05, 4.69) is 10.6 Å². The van der Waals surface area contributed by atoms with Gasteiger partial charge in [0.2, 0.25) is 11.7 Å². The quantitative estimate of drug-likeness (QED) is 0.822. The first-order valence-electron chi connectivity index (χ1n) is 6.99. The zero-order chi connectivity index (χ0) is 15.2. The monoisotopic (exact) mass is 294 g/mol. The number of hydrogen-bond donors (Lipinski definition) is 2. The minimum absolute atomic E-state index is 0.0636. The number of methoxy groups -OCH3 is 3. The molecule has 2 N–H and O–H groups in total. The molecule has 2 rings (SSSR count). The predicted octanol–water partition coefficient (Wildman–Crippen LogP) is 1.08. The molecule has 6 heteroatoms. The summed E-state index contributed by atoms with van der Waals surface area (Å²) in [5.74, 6) is 1.86. The van der Waals surface area contributed by atoms with Gasteiger partial charge in [0.05, 0.1) is 27.4 Å². The normalized spacial score (nSPS) is 18.0. The lowest BCUT2D eigenvalue weighted by Gasteiger charge is -2.23. The molecule has 0 aromatic heterocycles. The van der Waals surface area contributed by atoms with Gasteiger partial charge >= 0.3 is 0 Å². The number of amides is 1. The van der Waals surface area contributed by atoms with E-state index in [1.54, 1.807) is 21.3 Å². The molecule has 0 bridgehead atoms. The maximum absolute atomic E-state index is 11.7. The maximum atomic E-state index is 11.7. The van der Waals surface area contributed by atoms with E-state index in [0.717, 1.165) is 24.9 Å². The lowest BCUT2D eigenvalue weighted by Crippen LogP contribution is -2.47. The fourth-order valence-corrected chi connectivity index (χ4v) is 2.45. The van der Waals surface area contributed by atoms with Crippen molar-refractivity contribution in [2.45, 2.75) is 25.4 Å². The Kier molecular flexibility index (Phi) is 5.27. The fourth-order valence-electron chi connectivity index (χ4n) is 2.45. The molecule has 1 aromatic rings. The highest BCUT2D eigenvalue weighted by Crippen LogP contribution is 2.38. The van der Waals surface area contributed by atoms with Crippen molar-refractivity contribution in [3.63, 3.8) is 0 Å². The van der Waals surface area contributed by atoms with E-state index in [-0.39, 0.29) is 11.9 Å². The number of rotatable bonds is 6. The second-order valence-electron chi connectivity index (χ2n) is 4.90. The van der Waals surface area contributed by atoms with E-state index in [0.29, 0.717) is 23.8 Å². The lowest BCUT2D eigenvalue weighted by molar-refractivity contribution is -0.124. The van der Waals surface area contributed by atoms with Crippen LogP contribution >= 0.6 is 0 Å². The Bertz CT molecular complexity index is 479. The van der Waals surface area contributed by atoms with Crippen molar-refractivity contribution in [1.82, 2.24) is 10.6 Å². The van der Waals surface area contributed by atoms with Gasteiger partial charge in [-0.2, -0.15) is 0 Å². The third kappa shape index (κ3) is 3.58. The Balaban J connectivity index is 2.10. The van der Waals surface area contributed by atoms with Gasteiger partial charge in [0, 0.05) is 13.1 Å². The summed E-state index contributed by atoms with van der Waals surface area (Å²) in [4.78, 5) is 11.7. The molecular weight excluding hydrogens is 272 g/mol. The lowest BCUT2D eigenvalue weighted by atomic mass is 10.1. The highest BCUT2D eigenvalue weighted by atomic mass is 16.5. The Morgan fingerprint density at radius 1 is 1.19 bits per heavy atom. The smallest absolute Gasteiger partial charge is 0.237 e. The molecule has 1 heterocycles. The van der Waals surface area contributed by atoms with Gasteiger partial charge in [0.1, 0.15) is 0 Å². The van der Waals surface area contributed by atoms with E-state index < -0.39 is 0 Å². The second kappa shape index (κ2) is 7.17. The first-order valence-corrected chi connectivity index (χ1v) is 6.99. The van der Waals surface area contributed by atoms with Gasteiger partial charge in [-0.1, -0.05) is 0 Å². The topological polar surface area (TPSA) is 68.8 Å². The van der Waals surface area contributed by atoms with Crippen LogP contribution in [0.2, 0.25) is 0 Å². The van der Waals surface area contributed by atoms with E-state index in [4.69, 9.17) is 14.2 Å². The number of carbonyl (C=O) groups excluding carboxylic acids is 1. The van der Waals surface area contributed by atoms with Crippen molar-refractivity contribution in [3.05, 3.63) is 17.7 Å². The first-order chi connectivity index (χ1) is 10.2. The van der Waals surface area contributed by atoms with Crippen molar-refractivity contribution >= 4 is 5.91 Å². The zero-order valence-electron chi connectivity index (χ0n) is 12.7. The van der Waals surface area contributed by atoms with Crippen LogP contribution in [0.5, 0.6) is 17.2 Å². The van der Waals surface area contributed by atoms with Crippen molar-refractivity contribution in [1.29, 1.82) is 0 Å². The summed E-state index contributed by atoms with van der Waals surface area (Å²) < 4.78 is 15.9. The van der Waals surface area contributed by atoms with Gasteiger partial charge < -0.3 is 24.8 Å². The Morgan fingerprint density at radius 3 is 2.38 bits per heavy atom. The number of hydrogen-bond acceptors (Lipinski definition) is 5. The van der Waals surface area contributed by atoms with Gasteiger partial charge in [-0.05, 0) is 30.5 Å². The minimum atomic E-state index is -0.141. The molecule has 1 fully saturated rings. The van der Waals surface area contributed by atoms with Crippen molar-refractivity contribution in [2.24, 2.45) is 0 Å². The molecule has 6 nitrogen and oxygen atoms in total. The molecule has 116 valence electrons. The number of benzene rings is 1. The molecule has 1 unspecified atom stereocenters. The van der Waals surface area contributed by atoms with Gasteiger partial charge in [-0.3, -0.25) is 4.79 Å². The van der Waals surface area contributed by atoms with Crippen molar-refractivity contribution < 1.29 is 19.0 Å². The maximum Gasteiger partial charge on any atom is 0.237 e. The van der Waals surface area contributed by atoms with Gasteiger partial charge in [0.25, 0.3) is 0 Å². The third-order valence-corrected chi connectivity index (χ3v) is 3.56. The Hall–Kier alpha value is -1.95.